The Hall–Kier alpha value is -2.57. The second-order valence-electron chi connectivity index (χ2n) is 7.54. The minimum absolute atomic E-state index is 0.0108. The number of benzene rings is 1. The summed E-state index contributed by atoms with van der Waals surface area (Å²) in [5.41, 5.74) is 0.138. The third-order valence-electron chi connectivity index (χ3n) is 4.85. The molecule has 1 saturated carbocycles. The molecule has 1 fully saturated rings. The molecule has 0 aliphatic heterocycles. The number of carbonyl (C=O) groups excluding carboxylic acids is 1. The molecule has 1 aliphatic carbocycles. The van der Waals surface area contributed by atoms with Crippen molar-refractivity contribution in [1.29, 1.82) is 0 Å². The van der Waals surface area contributed by atoms with Crippen molar-refractivity contribution in [3.05, 3.63) is 51.9 Å². The van der Waals surface area contributed by atoms with Gasteiger partial charge < -0.3 is 5.32 Å². The first-order valence-corrected chi connectivity index (χ1v) is 9.12. The third kappa shape index (κ3) is 4.07. The predicted octanol–water partition coefficient (Wildman–Crippen LogP) is 3.23. The van der Waals surface area contributed by atoms with Gasteiger partial charge in [0.1, 0.15) is 6.54 Å². The monoisotopic (exact) mass is 375 g/mol. The van der Waals surface area contributed by atoms with Crippen LogP contribution in [-0.4, -0.2) is 21.7 Å². The van der Waals surface area contributed by atoms with Gasteiger partial charge in [-0.25, -0.2) is 13.5 Å². The van der Waals surface area contributed by atoms with Crippen molar-refractivity contribution in [2.75, 3.05) is 0 Å². The quantitative estimate of drug-likeness (QED) is 0.873. The number of nitrogens with zero attached hydrogens (tertiary/aromatic N) is 2. The Balaban J connectivity index is 1.92. The summed E-state index contributed by atoms with van der Waals surface area (Å²) in [7, 11) is 0. The van der Waals surface area contributed by atoms with Crippen LogP contribution in [0.4, 0.5) is 8.78 Å². The van der Waals surface area contributed by atoms with E-state index in [2.05, 4.69) is 17.3 Å². The van der Waals surface area contributed by atoms with E-state index in [-0.39, 0.29) is 35.5 Å². The van der Waals surface area contributed by atoms with E-state index in [1.54, 1.807) is 0 Å². The van der Waals surface area contributed by atoms with Crippen LogP contribution in [0.3, 0.4) is 0 Å². The Morgan fingerprint density at radius 2 is 2.00 bits per heavy atom. The Bertz CT molecular complexity index is 918. The highest BCUT2D eigenvalue weighted by atomic mass is 19.2. The average molecular weight is 375 g/mol. The largest absolute Gasteiger partial charge is 0.352 e. The van der Waals surface area contributed by atoms with Gasteiger partial charge in [-0.3, -0.25) is 9.59 Å². The van der Waals surface area contributed by atoms with Crippen molar-refractivity contribution in [3.63, 3.8) is 0 Å². The summed E-state index contributed by atoms with van der Waals surface area (Å²) in [5, 5.41) is 7.16. The molecule has 1 amide bonds. The maximum Gasteiger partial charge on any atom is 0.267 e. The lowest BCUT2D eigenvalue weighted by molar-refractivity contribution is -0.123. The minimum Gasteiger partial charge on any atom is -0.352 e. The molecule has 1 aromatic carbocycles. The van der Waals surface area contributed by atoms with Crippen molar-refractivity contribution in [2.45, 2.75) is 52.1 Å². The molecule has 2 aromatic rings. The molecule has 0 saturated heterocycles. The lowest BCUT2D eigenvalue weighted by Crippen LogP contribution is -2.45. The van der Waals surface area contributed by atoms with Gasteiger partial charge in [0.2, 0.25) is 5.91 Å². The van der Waals surface area contributed by atoms with Crippen LogP contribution in [0.1, 0.15) is 45.2 Å². The number of nitrogens with one attached hydrogen (secondary N) is 1. The van der Waals surface area contributed by atoms with E-state index in [9.17, 15) is 18.4 Å². The van der Waals surface area contributed by atoms with Gasteiger partial charge >= 0.3 is 0 Å². The molecule has 0 spiro atoms. The lowest BCUT2D eigenvalue weighted by atomic mass is 9.82. The van der Waals surface area contributed by atoms with E-state index in [1.807, 2.05) is 13.8 Å². The van der Waals surface area contributed by atoms with E-state index >= 15 is 0 Å². The Kier molecular flexibility index (Phi) is 5.39. The fourth-order valence-electron chi connectivity index (χ4n) is 3.40. The van der Waals surface area contributed by atoms with Gasteiger partial charge in [-0.15, -0.1) is 0 Å². The molecule has 1 heterocycles. The Labute approximate surface area is 156 Å². The maximum absolute atomic E-state index is 14.2. The molecule has 1 aliphatic rings. The van der Waals surface area contributed by atoms with Crippen LogP contribution in [0.5, 0.6) is 0 Å². The standard InChI is InChI=1S/C20H23F2N3O2/c1-11(2)20-15(14-5-4-6-16(21)19(14)22)9-18(27)25(24-20)10-17(26)23-13-7-12(3)8-13/h4-6,9,11-13H,7-8,10H2,1-3H3,(H,23,26). The normalized spacial score (nSPS) is 19.0. The second-order valence-corrected chi connectivity index (χ2v) is 7.54. The van der Waals surface area contributed by atoms with Gasteiger partial charge in [0.15, 0.2) is 11.6 Å². The lowest BCUT2D eigenvalue weighted by Gasteiger charge is -2.33. The van der Waals surface area contributed by atoms with E-state index in [0.29, 0.717) is 11.6 Å². The molecule has 0 radical (unpaired) electrons. The van der Waals surface area contributed by atoms with Crippen LogP contribution in [0, 0.1) is 17.6 Å². The van der Waals surface area contributed by atoms with Gasteiger partial charge in [-0.05, 0) is 30.7 Å². The number of hydrogen-bond acceptors (Lipinski definition) is 3. The van der Waals surface area contributed by atoms with Gasteiger partial charge in [-0.2, -0.15) is 5.10 Å². The summed E-state index contributed by atoms with van der Waals surface area (Å²) in [6.45, 7) is 5.60. The summed E-state index contributed by atoms with van der Waals surface area (Å²) < 4.78 is 28.9. The van der Waals surface area contributed by atoms with Gasteiger partial charge in [0.25, 0.3) is 5.56 Å². The average Bonchev–Trinajstić information content (AvgIpc) is 2.57. The summed E-state index contributed by atoms with van der Waals surface area (Å²) in [5.74, 6) is -1.83. The molecule has 7 heteroatoms. The number of carbonyl (C=O) groups is 1. The van der Waals surface area contributed by atoms with Gasteiger partial charge in [0, 0.05) is 23.2 Å². The van der Waals surface area contributed by atoms with Crippen LogP contribution in [0.15, 0.2) is 29.1 Å². The topological polar surface area (TPSA) is 64.0 Å². The number of rotatable bonds is 5. The molecule has 0 bridgehead atoms. The highest BCUT2D eigenvalue weighted by Gasteiger charge is 2.27. The molecule has 1 aromatic heterocycles. The Morgan fingerprint density at radius 1 is 1.30 bits per heavy atom. The first-order chi connectivity index (χ1) is 12.8. The van der Waals surface area contributed by atoms with Gasteiger partial charge in [0.05, 0.1) is 5.69 Å². The van der Waals surface area contributed by atoms with E-state index in [0.717, 1.165) is 23.6 Å². The summed E-state index contributed by atoms with van der Waals surface area (Å²) >= 11 is 0. The van der Waals surface area contributed by atoms with E-state index in [4.69, 9.17) is 0 Å². The maximum atomic E-state index is 14.2. The summed E-state index contributed by atoms with van der Waals surface area (Å²) in [6, 6.07) is 5.19. The zero-order valence-corrected chi connectivity index (χ0v) is 15.6. The van der Waals surface area contributed by atoms with Crippen molar-refractivity contribution in [1.82, 2.24) is 15.1 Å². The molecule has 27 heavy (non-hydrogen) atoms. The van der Waals surface area contributed by atoms with Crippen LogP contribution < -0.4 is 10.9 Å². The highest BCUT2D eigenvalue weighted by Crippen LogP contribution is 2.29. The first kappa shape index (κ1) is 19.2. The molecular formula is C20H23F2N3O2. The molecule has 1 N–H and O–H groups in total. The molecule has 0 unspecified atom stereocenters. The van der Waals surface area contributed by atoms with Crippen molar-refractivity contribution in [3.8, 4) is 11.1 Å². The first-order valence-electron chi connectivity index (χ1n) is 9.12. The number of hydrogen-bond donors (Lipinski definition) is 1. The van der Waals surface area contributed by atoms with Crippen LogP contribution in [0.25, 0.3) is 11.1 Å². The molecular weight excluding hydrogens is 352 g/mol. The molecule has 5 nitrogen and oxygen atoms in total. The molecule has 0 atom stereocenters. The number of aromatic nitrogens is 2. The molecule has 3 rings (SSSR count). The highest BCUT2D eigenvalue weighted by molar-refractivity contribution is 5.76. The molecule has 144 valence electrons. The third-order valence-corrected chi connectivity index (χ3v) is 4.85. The van der Waals surface area contributed by atoms with Crippen LogP contribution in [0.2, 0.25) is 0 Å². The fourth-order valence-corrected chi connectivity index (χ4v) is 3.40. The van der Waals surface area contributed by atoms with E-state index in [1.165, 1.54) is 18.2 Å². The van der Waals surface area contributed by atoms with Gasteiger partial charge in [-0.1, -0.05) is 32.9 Å². The fraction of sp³-hybridized carbons (Fsp3) is 0.450. The minimum atomic E-state index is -1.02. The summed E-state index contributed by atoms with van der Waals surface area (Å²) in [6.07, 6.45) is 1.87. The van der Waals surface area contributed by atoms with Crippen molar-refractivity contribution < 1.29 is 13.6 Å². The van der Waals surface area contributed by atoms with E-state index < -0.39 is 17.2 Å². The predicted molar refractivity (Wildman–Crippen MR) is 98.3 cm³/mol. The number of amides is 1. The van der Waals surface area contributed by atoms with Crippen molar-refractivity contribution >= 4 is 5.91 Å². The smallest absolute Gasteiger partial charge is 0.267 e. The zero-order chi connectivity index (χ0) is 19.7. The van der Waals surface area contributed by atoms with Crippen molar-refractivity contribution in [2.24, 2.45) is 5.92 Å². The zero-order valence-electron chi connectivity index (χ0n) is 15.6. The van der Waals surface area contributed by atoms with Crippen LogP contribution in [-0.2, 0) is 11.3 Å². The summed E-state index contributed by atoms with van der Waals surface area (Å²) in [4.78, 5) is 24.6. The number of halogens is 2. The van der Waals surface area contributed by atoms with Crippen LogP contribution >= 0.6 is 0 Å². The second kappa shape index (κ2) is 7.58. The SMILES string of the molecule is CC1CC(NC(=O)Cn2nc(C(C)C)c(-c3cccc(F)c3F)cc2=O)C1. The Morgan fingerprint density at radius 3 is 2.63 bits per heavy atom.